The molecule has 0 bridgehead atoms. The maximum atomic E-state index is 12.4. The van der Waals surface area contributed by atoms with Crippen molar-refractivity contribution in [3.8, 4) is 0 Å². The van der Waals surface area contributed by atoms with Crippen LogP contribution in [0.1, 0.15) is 63.4 Å². The van der Waals surface area contributed by atoms with Gasteiger partial charge in [0, 0.05) is 11.6 Å². The number of hydrogen-bond acceptors (Lipinski definition) is 4. The number of nitrogens with zero attached hydrogens (tertiary/aromatic N) is 1. The monoisotopic (exact) mass is 325 g/mol. The van der Waals surface area contributed by atoms with Crippen molar-refractivity contribution in [1.82, 2.24) is 15.6 Å². The predicted octanol–water partition coefficient (Wildman–Crippen LogP) is 3.22. The summed E-state index contributed by atoms with van der Waals surface area (Å²) in [5, 5.41) is 18.6. The Hall–Kier alpha value is -1.14. The van der Waals surface area contributed by atoms with Crippen LogP contribution in [-0.4, -0.2) is 28.3 Å². The van der Waals surface area contributed by atoms with E-state index < -0.39 is 5.54 Å². The molecule has 1 heterocycles. The number of carbonyl (C=O) groups is 1. The maximum absolute atomic E-state index is 12.4. The Kier molecular flexibility index (Phi) is 6.20. The summed E-state index contributed by atoms with van der Waals surface area (Å²) >= 11 is 1.55. The van der Waals surface area contributed by atoms with E-state index in [0.717, 1.165) is 24.3 Å². The molecule has 6 heteroatoms. The van der Waals surface area contributed by atoms with Crippen LogP contribution in [0.4, 0.5) is 4.79 Å². The SMILES string of the molecule is CC[C@@H](NC(=O)N[C@](C)(CO)C1CCCCC1)c1nccs1. The highest BCUT2D eigenvalue weighted by atomic mass is 32.1. The van der Waals surface area contributed by atoms with Gasteiger partial charge in [-0.1, -0.05) is 26.2 Å². The summed E-state index contributed by atoms with van der Waals surface area (Å²) in [6, 6.07) is -0.293. The number of carbonyl (C=O) groups excluding carboxylic acids is 1. The van der Waals surface area contributed by atoms with Gasteiger partial charge in [-0.25, -0.2) is 9.78 Å². The highest BCUT2D eigenvalue weighted by Crippen LogP contribution is 2.32. The molecule has 0 aliphatic heterocycles. The van der Waals surface area contributed by atoms with E-state index in [4.69, 9.17) is 0 Å². The third kappa shape index (κ3) is 4.20. The molecule has 0 spiro atoms. The first-order valence-electron chi connectivity index (χ1n) is 8.18. The topological polar surface area (TPSA) is 74.2 Å². The van der Waals surface area contributed by atoms with Crippen molar-refractivity contribution >= 4 is 17.4 Å². The molecule has 1 fully saturated rings. The summed E-state index contributed by atoms with van der Waals surface area (Å²) in [5.41, 5.74) is -0.550. The molecule has 1 saturated carbocycles. The zero-order valence-corrected chi connectivity index (χ0v) is 14.3. The molecule has 1 aromatic rings. The summed E-state index contributed by atoms with van der Waals surface area (Å²) in [4.78, 5) is 16.6. The van der Waals surface area contributed by atoms with Gasteiger partial charge < -0.3 is 15.7 Å². The van der Waals surface area contributed by atoms with Crippen LogP contribution in [-0.2, 0) is 0 Å². The van der Waals surface area contributed by atoms with Gasteiger partial charge in [0.2, 0.25) is 0 Å². The third-order valence-corrected chi connectivity index (χ3v) is 5.59. The molecule has 124 valence electrons. The Morgan fingerprint density at radius 1 is 1.50 bits per heavy atom. The normalized spacial score (nSPS) is 20.1. The number of rotatable bonds is 6. The van der Waals surface area contributed by atoms with Gasteiger partial charge in [0.25, 0.3) is 0 Å². The van der Waals surface area contributed by atoms with Gasteiger partial charge >= 0.3 is 6.03 Å². The lowest BCUT2D eigenvalue weighted by molar-refractivity contribution is 0.100. The smallest absolute Gasteiger partial charge is 0.315 e. The molecule has 1 aliphatic rings. The Balaban J connectivity index is 1.96. The molecule has 0 aromatic carbocycles. The van der Waals surface area contributed by atoms with Gasteiger partial charge in [-0.15, -0.1) is 11.3 Å². The van der Waals surface area contributed by atoms with Crippen molar-refractivity contribution < 1.29 is 9.90 Å². The van der Waals surface area contributed by atoms with E-state index in [1.165, 1.54) is 19.3 Å². The second-order valence-electron chi connectivity index (χ2n) is 6.34. The Morgan fingerprint density at radius 3 is 2.77 bits per heavy atom. The number of amides is 2. The van der Waals surface area contributed by atoms with Gasteiger partial charge in [-0.05, 0) is 32.1 Å². The van der Waals surface area contributed by atoms with E-state index in [-0.39, 0.29) is 18.7 Å². The standard InChI is InChI=1S/C16H27N3O2S/c1-3-13(14-17-9-10-22-14)18-15(21)19-16(2,11-20)12-7-5-4-6-8-12/h9-10,12-13,20H,3-8,11H2,1-2H3,(H2,18,19,21)/t13-,16-/m1/s1. The fourth-order valence-electron chi connectivity index (χ4n) is 3.21. The Labute approximate surface area is 136 Å². The van der Waals surface area contributed by atoms with Crippen LogP contribution >= 0.6 is 11.3 Å². The zero-order valence-electron chi connectivity index (χ0n) is 13.5. The molecular weight excluding hydrogens is 298 g/mol. The van der Waals surface area contributed by atoms with Crippen molar-refractivity contribution in [3.63, 3.8) is 0 Å². The number of thiazole rings is 1. The first-order valence-corrected chi connectivity index (χ1v) is 9.06. The lowest BCUT2D eigenvalue weighted by Crippen LogP contribution is -2.57. The van der Waals surface area contributed by atoms with Crippen molar-refractivity contribution in [2.75, 3.05) is 6.61 Å². The van der Waals surface area contributed by atoms with Crippen LogP contribution in [0.2, 0.25) is 0 Å². The highest BCUT2D eigenvalue weighted by Gasteiger charge is 2.36. The lowest BCUT2D eigenvalue weighted by atomic mass is 9.76. The number of aliphatic hydroxyl groups excluding tert-OH is 1. The van der Waals surface area contributed by atoms with E-state index >= 15 is 0 Å². The average molecular weight is 325 g/mol. The lowest BCUT2D eigenvalue weighted by Gasteiger charge is -2.39. The summed E-state index contributed by atoms with van der Waals surface area (Å²) in [5.74, 6) is 0.344. The molecule has 0 saturated heterocycles. The van der Waals surface area contributed by atoms with Crippen LogP contribution in [0.3, 0.4) is 0 Å². The van der Waals surface area contributed by atoms with E-state index in [0.29, 0.717) is 5.92 Å². The minimum atomic E-state index is -0.550. The van der Waals surface area contributed by atoms with Crippen LogP contribution in [0.5, 0.6) is 0 Å². The minimum Gasteiger partial charge on any atom is -0.394 e. The largest absolute Gasteiger partial charge is 0.394 e. The molecule has 3 N–H and O–H groups in total. The second kappa shape index (κ2) is 7.92. The fourth-order valence-corrected chi connectivity index (χ4v) is 3.98. The van der Waals surface area contributed by atoms with E-state index in [1.807, 2.05) is 19.2 Å². The quantitative estimate of drug-likeness (QED) is 0.752. The third-order valence-electron chi connectivity index (χ3n) is 4.70. The van der Waals surface area contributed by atoms with Crippen molar-refractivity contribution in [2.24, 2.45) is 5.92 Å². The Bertz CT molecular complexity index is 460. The first kappa shape index (κ1) is 17.2. The van der Waals surface area contributed by atoms with E-state index in [9.17, 15) is 9.90 Å². The molecule has 2 atom stereocenters. The van der Waals surface area contributed by atoms with Gasteiger partial charge in [0.15, 0.2) is 0 Å². The summed E-state index contributed by atoms with van der Waals surface area (Å²) in [7, 11) is 0. The van der Waals surface area contributed by atoms with Gasteiger partial charge in [-0.2, -0.15) is 0 Å². The van der Waals surface area contributed by atoms with Crippen LogP contribution in [0.15, 0.2) is 11.6 Å². The fraction of sp³-hybridized carbons (Fsp3) is 0.750. The second-order valence-corrected chi connectivity index (χ2v) is 7.27. The van der Waals surface area contributed by atoms with Gasteiger partial charge in [0.1, 0.15) is 5.01 Å². The average Bonchev–Trinajstić information content (AvgIpc) is 3.07. The van der Waals surface area contributed by atoms with Crippen molar-refractivity contribution in [2.45, 2.75) is 64.0 Å². The molecule has 1 aliphatic carbocycles. The molecule has 0 unspecified atom stereocenters. The maximum Gasteiger partial charge on any atom is 0.315 e. The van der Waals surface area contributed by atoms with Crippen LogP contribution in [0.25, 0.3) is 0 Å². The zero-order chi connectivity index (χ0) is 16.0. The summed E-state index contributed by atoms with van der Waals surface area (Å²) in [6.07, 6.45) is 8.30. The number of hydrogen-bond donors (Lipinski definition) is 3. The van der Waals surface area contributed by atoms with Gasteiger partial charge in [0.05, 0.1) is 18.2 Å². The van der Waals surface area contributed by atoms with E-state index in [1.54, 1.807) is 17.5 Å². The molecule has 0 radical (unpaired) electrons. The van der Waals surface area contributed by atoms with E-state index in [2.05, 4.69) is 15.6 Å². The molecule has 2 amide bonds. The first-order chi connectivity index (χ1) is 10.6. The van der Waals surface area contributed by atoms with Crippen LogP contribution in [0, 0.1) is 5.92 Å². The summed E-state index contributed by atoms with van der Waals surface area (Å²) in [6.45, 7) is 3.95. The molecular formula is C16H27N3O2S. The number of urea groups is 1. The molecule has 1 aromatic heterocycles. The summed E-state index contributed by atoms with van der Waals surface area (Å²) < 4.78 is 0. The highest BCUT2D eigenvalue weighted by molar-refractivity contribution is 7.09. The Morgan fingerprint density at radius 2 is 2.23 bits per heavy atom. The van der Waals surface area contributed by atoms with Gasteiger partial charge in [-0.3, -0.25) is 0 Å². The molecule has 22 heavy (non-hydrogen) atoms. The number of nitrogens with one attached hydrogen (secondary N) is 2. The van der Waals surface area contributed by atoms with Crippen molar-refractivity contribution in [3.05, 3.63) is 16.6 Å². The molecule has 5 nitrogen and oxygen atoms in total. The van der Waals surface area contributed by atoms with Crippen LogP contribution < -0.4 is 10.6 Å². The van der Waals surface area contributed by atoms with Crippen molar-refractivity contribution in [1.29, 1.82) is 0 Å². The molecule has 2 rings (SSSR count). The minimum absolute atomic E-state index is 0.0286. The predicted molar refractivity (Wildman–Crippen MR) is 88.9 cm³/mol. The number of aromatic nitrogens is 1. The number of aliphatic hydroxyl groups is 1.